The van der Waals surface area contributed by atoms with Crippen molar-refractivity contribution in [3.05, 3.63) is 34.6 Å². The zero-order chi connectivity index (χ0) is 12.3. The fourth-order valence-electron chi connectivity index (χ4n) is 2.71. The maximum absolute atomic E-state index is 13.3. The molecule has 0 heterocycles. The molecule has 0 radical (unpaired) electrons. The van der Waals surface area contributed by atoms with Crippen LogP contribution in [-0.2, 0) is 6.42 Å². The molecule has 2 atom stereocenters. The first-order valence-corrected chi connectivity index (χ1v) is 6.73. The maximum atomic E-state index is 13.3. The summed E-state index contributed by atoms with van der Waals surface area (Å²) in [4.78, 5) is 0. The summed E-state index contributed by atoms with van der Waals surface area (Å²) >= 11 is 5.98. The van der Waals surface area contributed by atoms with Crippen LogP contribution < -0.4 is 5.73 Å². The quantitative estimate of drug-likeness (QED) is 0.797. The van der Waals surface area contributed by atoms with Crippen molar-refractivity contribution in [2.45, 2.75) is 44.6 Å². The summed E-state index contributed by atoms with van der Waals surface area (Å²) in [6.45, 7) is 0. The van der Waals surface area contributed by atoms with Crippen molar-refractivity contribution in [2.24, 2.45) is 11.7 Å². The molecule has 0 aromatic heterocycles. The van der Waals surface area contributed by atoms with E-state index in [-0.39, 0.29) is 10.8 Å². The highest BCUT2D eigenvalue weighted by Gasteiger charge is 2.19. The predicted molar refractivity (Wildman–Crippen MR) is 69.7 cm³/mol. The van der Waals surface area contributed by atoms with Crippen molar-refractivity contribution in [3.63, 3.8) is 0 Å². The minimum Gasteiger partial charge on any atom is -0.328 e. The lowest BCUT2D eigenvalue weighted by Gasteiger charge is -2.17. The predicted octanol–water partition coefficient (Wildman–Crippen LogP) is 3.93. The van der Waals surface area contributed by atoms with Gasteiger partial charge in [0, 0.05) is 6.04 Å². The summed E-state index contributed by atoms with van der Waals surface area (Å²) in [5, 5.41) is 0.283. The highest BCUT2D eigenvalue weighted by molar-refractivity contribution is 6.31. The van der Waals surface area contributed by atoms with Crippen molar-refractivity contribution in [2.75, 3.05) is 0 Å². The van der Waals surface area contributed by atoms with Crippen molar-refractivity contribution >= 4 is 11.6 Å². The molecule has 1 aliphatic carbocycles. The van der Waals surface area contributed by atoms with Crippen LogP contribution in [0, 0.1) is 11.7 Å². The summed E-state index contributed by atoms with van der Waals surface area (Å²) in [6, 6.07) is 5.36. The Morgan fingerprint density at radius 2 is 2.06 bits per heavy atom. The molecule has 17 heavy (non-hydrogen) atoms. The highest BCUT2D eigenvalue weighted by atomic mass is 35.5. The fourth-order valence-corrected chi connectivity index (χ4v) is 2.91. The van der Waals surface area contributed by atoms with Gasteiger partial charge in [-0.15, -0.1) is 0 Å². The molecule has 2 unspecified atom stereocenters. The second-order valence-corrected chi connectivity index (χ2v) is 5.44. The van der Waals surface area contributed by atoms with E-state index in [0.717, 1.165) is 24.8 Å². The molecule has 0 spiro atoms. The topological polar surface area (TPSA) is 26.0 Å². The number of rotatable bonds is 2. The third-order valence-corrected chi connectivity index (χ3v) is 4.04. The van der Waals surface area contributed by atoms with E-state index in [0.29, 0.717) is 12.0 Å². The van der Waals surface area contributed by atoms with Crippen LogP contribution in [0.25, 0.3) is 0 Å². The van der Waals surface area contributed by atoms with Crippen LogP contribution in [0.3, 0.4) is 0 Å². The summed E-state index contributed by atoms with van der Waals surface area (Å²) < 4.78 is 13.3. The number of nitrogens with two attached hydrogens (primary N) is 1. The van der Waals surface area contributed by atoms with E-state index >= 15 is 0 Å². The van der Waals surface area contributed by atoms with E-state index in [9.17, 15) is 4.39 Å². The Balaban J connectivity index is 2.06. The molecule has 94 valence electrons. The standard InChI is InChI=1S/C14H19ClFN/c15-14-11(5-3-7-13(14)16)8-10-4-1-2-6-12(17)9-10/h3,5,7,10,12H,1-2,4,6,8-9,17H2. The van der Waals surface area contributed by atoms with Gasteiger partial charge in [-0.05, 0) is 36.8 Å². The third kappa shape index (κ3) is 3.43. The van der Waals surface area contributed by atoms with Crippen LogP contribution in [0.1, 0.15) is 37.7 Å². The van der Waals surface area contributed by atoms with E-state index < -0.39 is 0 Å². The molecule has 0 amide bonds. The lowest BCUT2D eigenvalue weighted by Crippen LogP contribution is -2.22. The number of hydrogen-bond donors (Lipinski definition) is 1. The molecule has 1 aromatic carbocycles. The van der Waals surface area contributed by atoms with Gasteiger partial charge in [0.1, 0.15) is 5.82 Å². The molecular weight excluding hydrogens is 237 g/mol. The van der Waals surface area contributed by atoms with Crippen molar-refractivity contribution in [1.82, 2.24) is 0 Å². The third-order valence-electron chi connectivity index (χ3n) is 3.61. The maximum Gasteiger partial charge on any atom is 0.142 e. The number of hydrogen-bond acceptors (Lipinski definition) is 1. The lowest BCUT2D eigenvalue weighted by atomic mass is 9.91. The second kappa shape index (κ2) is 5.83. The minimum atomic E-state index is -0.318. The SMILES string of the molecule is NC1CCCCC(Cc2cccc(F)c2Cl)C1. The summed E-state index contributed by atoms with van der Waals surface area (Å²) in [5.41, 5.74) is 6.96. The van der Waals surface area contributed by atoms with Crippen molar-refractivity contribution < 1.29 is 4.39 Å². The molecule has 1 saturated carbocycles. The van der Waals surface area contributed by atoms with E-state index in [1.54, 1.807) is 6.07 Å². The highest BCUT2D eigenvalue weighted by Crippen LogP contribution is 2.29. The summed E-state index contributed by atoms with van der Waals surface area (Å²) in [5.74, 6) is 0.230. The fraction of sp³-hybridized carbons (Fsp3) is 0.571. The van der Waals surface area contributed by atoms with Crippen molar-refractivity contribution in [1.29, 1.82) is 0 Å². The van der Waals surface area contributed by atoms with Crippen LogP contribution >= 0.6 is 11.6 Å². The Kier molecular flexibility index (Phi) is 4.41. The van der Waals surface area contributed by atoms with E-state index in [1.807, 2.05) is 6.07 Å². The molecule has 0 bridgehead atoms. The van der Waals surface area contributed by atoms with Crippen LogP contribution in [0.15, 0.2) is 18.2 Å². The van der Waals surface area contributed by atoms with Gasteiger partial charge in [-0.3, -0.25) is 0 Å². The number of benzene rings is 1. The van der Waals surface area contributed by atoms with Gasteiger partial charge >= 0.3 is 0 Å². The van der Waals surface area contributed by atoms with Crippen LogP contribution in [0.2, 0.25) is 5.02 Å². The molecule has 1 nitrogen and oxygen atoms in total. The molecule has 3 heteroatoms. The van der Waals surface area contributed by atoms with Gasteiger partial charge in [0.05, 0.1) is 5.02 Å². The van der Waals surface area contributed by atoms with Crippen LogP contribution in [0.5, 0.6) is 0 Å². The monoisotopic (exact) mass is 255 g/mol. The zero-order valence-electron chi connectivity index (χ0n) is 9.96. The Bertz CT molecular complexity index is 380. The van der Waals surface area contributed by atoms with Gasteiger partial charge in [-0.25, -0.2) is 4.39 Å². The molecule has 1 aromatic rings. The normalized spacial score (nSPS) is 25.6. The minimum absolute atomic E-state index is 0.283. The Labute approximate surface area is 107 Å². The molecule has 2 rings (SSSR count). The van der Waals surface area contributed by atoms with Crippen LogP contribution in [0.4, 0.5) is 4.39 Å². The molecule has 2 N–H and O–H groups in total. The molecule has 1 fully saturated rings. The van der Waals surface area contributed by atoms with Crippen molar-refractivity contribution in [3.8, 4) is 0 Å². The first kappa shape index (κ1) is 12.8. The van der Waals surface area contributed by atoms with Gasteiger partial charge in [0.2, 0.25) is 0 Å². The average Bonchev–Trinajstić information content (AvgIpc) is 2.49. The Morgan fingerprint density at radius 3 is 2.88 bits per heavy atom. The van der Waals surface area contributed by atoms with Gasteiger partial charge in [-0.2, -0.15) is 0 Å². The molecule has 1 aliphatic rings. The first-order chi connectivity index (χ1) is 8.16. The van der Waals surface area contributed by atoms with E-state index in [2.05, 4.69) is 0 Å². The van der Waals surface area contributed by atoms with E-state index in [4.69, 9.17) is 17.3 Å². The van der Waals surface area contributed by atoms with Gasteiger partial charge in [-0.1, -0.05) is 43.0 Å². The lowest BCUT2D eigenvalue weighted by molar-refractivity contribution is 0.430. The Morgan fingerprint density at radius 1 is 1.29 bits per heavy atom. The molecular formula is C14H19ClFN. The first-order valence-electron chi connectivity index (χ1n) is 6.35. The van der Waals surface area contributed by atoms with Gasteiger partial charge in [0.15, 0.2) is 0 Å². The summed E-state index contributed by atoms with van der Waals surface area (Å²) in [6.07, 6.45) is 6.63. The van der Waals surface area contributed by atoms with Gasteiger partial charge in [0.25, 0.3) is 0 Å². The van der Waals surface area contributed by atoms with E-state index in [1.165, 1.54) is 25.3 Å². The second-order valence-electron chi connectivity index (χ2n) is 5.06. The molecule has 0 aliphatic heterocycles. The zero-order valence-corrected chi connectivity index (χ0v) is 10.7. The smallest absolute Gasteiger partial charge is 0.142 e. The average molecular weight is 256 g/mol. The van der Waals surface area contributed by atoms with Gasteiger partial charge < -0.3 is 5.73 Å². The number of halogens is 2. The summed E-state index contributed by atoms with van der Waals surface area (Å²) in [7, 11) is 0. The molecule has 0 saturated heterocycles. The Hall–Kier alpha value is -0.600. The van der Waals surface area contributed by atoms with Crippen LogP contribution in [-0.4, -0.2) is 6.04 Å². The largest absolute Gasteiger partial charge is 0.328 e.